The molecule has 12 heavy (non-hydrogen) atoms. The predicted octanol–water partition coefficient (Wildman–Crippen LogP) is 0.855. The van der Waals surface area contributed by atoms with Crippen LogP contribution in [0.15, 0.2) is 30.3 Å². The molecule has 0 spiro atoms. The first-order valence-electron chi connectivity index (χ1n) is 3.30. The molecule has 3 N–H and O–H groups in total. The van der Waals surface area contributed by atoms with Crippen molar-refractivity contribution in [3.63, 3.8) is 0 Å². The van der Waals surface area contributed by atoms with Gasteiger partial charge in [0.25, 0.3) is 0 Å². The Morgan fingerprint density at radius 2 is 1.67 bits per heavy atom. The summed E-state index contributed by atoms with van der Waals surface area (Å²) in [5.41, 5.74) is 0.228. The van der Waals surface area contributed by atoms with Gasteiger partial charge in [0.05, 0.1) is 0 Å². The van der Waals surface area contributed by atoms with Gasteiger partial charge >= 0.3 is 7.60 Å². The molecule has 0 fully saturated rings. The predicted molar refractivity (Wildman–Crippen MR) is 43.4 cm³/mol. The minimum absolute atomic E-state index is 0.228. The van der Waals surface area contributed by atoms with E-state index in [1.54, 1.807) is 18.2 Å². The summed E-state index contributed by atoms with van der Waals surface area (Å²) < 4.78 is 10.6. The first kappa shape index (κ1) is 9.42. The Morgan fingerprint density at radius 1 is 1.17 bits per heavy atom. The molecular weight excluding hydrogens is 179 g/mol. The molecule has 1 rings (SSSR count). The lowest BCUT2D eigenvalue weighted by Crippen LogP contribution is -1.97. The normalized spacial score (nSPS) is 14.2. The van der Waals surface area contributed by atoms with E-state index < -0.39 is 13.4 Å². The SMILES string of the molecule is O=P(O)(O)[C@H](O)c1ccccc1. The van der Waals surface area contributed by atoms with E-state index in [1.165, 1.54) is 12.1 Å². The Hall–Kier alpha value is -0.670. The van der Waals surface area contributed by atoms with Gasteiger partial charge in [-0.2, -0.15) is 0 Å². The van der Waals surface area contributed by atoms with E-state index >= 15 is 0 Å². The monoisotopic (exact) mass is 188 g/mol. The van der Waals surface area contributed by atoms with Crippen molar-refractivity contribution in [3.05, 3.63) is 35.9 Å². The topological polar surface area (TPSA) is 77.8 Å². The second-order valence-corrected chi connectivity index (χ2v) is 4.04. The van der Waals surface area contributed by atoms with Gasteiger partial charge in [0, 0.05) is 0 Å². The smallest absolute Gasteiger partial charge is 0.358 e. The zero-order chi connectivity index (χ0) is 9.19. The van der Waals surface area contributed by atoms with Crippen LogP contribution in [-0.2, 0) is 4.57 Å². The van der Waals surface area contributed by atoms with Crippen molar-refractivity contribution in [1.82, 2.24) is 0 Å². The Morgan fingerprint density at radius 3 is 2.08 bits per heavy atom. The van der Waals surface area contributed by atoms with Gasteiger partial charge in [-0.15, -0.1) is 0 Å². The van der Waals surface area contributed by atoms with E-state index in [0.29, 0.717) is 0 Å². The Bertz CT molecular complexity index is 292. The molecule has 0 heterocycles. The minimum atomic E-state index is -4.42. The van der Waals surface area contributed by atoms with Crippen LogP contribution in [0, 0.1) is 0 Å². The number of rotatable bonds is 2. The average molecular weight is 188 g/mol. The van der Waals surface area contributed by atoms with Gasteiger partial charge in [0.15, 0.2) is 5.85 Å². The number of aliphatic hydroxyl groups is 1. The highest BCUT2D eigenvalue weighted by atomic mass is 31.2. The number of hydrogen-bond acceptors (Lipinski definition) is 2. The third-order valence-corrected chi connectivity index (χ3v) is 2.35. The van der Waals surface area contributed by atoms with Crippen molar-refractivity contribution in [1.29, 1.82) is 0 Å². The van der Waals surface area contributed by atoms with E-state index in [1.807, 2.05) is 0 Å². The highest BCUT2D eigenvalue weighted by molar-refractivity contribution is 7.51. The van der Waals surface area contributed by atoms with Gasteiger partial charge < -0.3 is 14.9 Å². The summed E-state index contributed by atoms with van der Waals surface area (Å²) in [6, 6.07) is 7.84. The fraction of sp³-hybridized carbons (Fsp3) is 0.143. The molecule has 5 heteroatoms. The van der Waals surface area contributed by atoms with Crippen molar-refractivity contribution in [2.24, 2.45) is 0 Å². The molecule has 0 aliphatic rings. The molecule has 0 aromatic heterocycles. The zero-order valence-electron chi connectivity index (χ0n) is 6.16. The largest absolute Gasteiger partial charge is 0.376 e. The van der Waals surface area contributed by atoms with Crippen LogP contribution < -0.4 is 0 Å². The maximum absolute atomic E-state index is 10.6. The summed E-state index contributed by atoms with van der Waals surface area (Å²) in [5.74, 6) is -1.71. The highest BCUT2D eigenvalue weighted by Gasteiger charge is 2.27. The van der Waals surface area contributed by atoms with E-state index in [-0.39, 0.29) is 5.56 Å². The number of aliphatic hydroxyl groups excluding tert-OH is 1. The van der Waals surface area contributed by atoms with E-state index in [2.05, 4.69) is 0 Å². The fourth-order valence-corrected chi connectivity index (χ4v) is 1.38. The molecule has 0 radical (unpaired) electrons. The Kier molecular flexibility index (Phi) is 2.65. The van der Waals surface area contributed by atoms with Crippen molar-refractivity contribution >= 4 is 7.60 Å². The van der Waals surface area contributed by atoms with Crippen LogP contribution in [0.2, 0.25) is 0 Å². The second-order valence-electron chi connectivity index (χ2n) is 2.37. The van der Waals surface area contributed by atoms with Crippen molar-refractivity contribution in [3.8, 4) is 0 Å². The van der Waals surface area contributed by atoms with Gasteiger partial charge in [-0.3, -0.25) is 4.57 Å². The van der Waals surface area contributed by atoms with E-state index in [4.69, 9.17) is 14.9 Å². The lowest BCUT2D eigenvalue weighted by molar-refractivity contribution is 0.205. The van der Waals surface area contributed by atoms with Crippen LogP contribution in [0.3, 0.4) is 0 Å². The molecule has 0 bridgehead atoms. The average Bonchev–Trinajstić information content (AvgIpc) is 2.03. The standard InChI is InChI=1S/C7H9O4P/c8-7(12(9,10)11)6-4-2-1-3-5-6/h1-5,7-8H,(H2,9,10,11)/t7-/m0/s1. The summed E-state index contributed by atoms with van der Waals surface area (Å²) in [6.45, 7) is 0. The molecule has 0 unspecified atom stereocenters. The number of hydrogen-bond donors (Lipinski definition) is 3. The summed E-state index contributed by atoms with van der Waals surface area (Å²) in [5, 5.41) is 9.09. The maximum Gasteiger partial charge on any atom is 0.358 e. The lowest BCUT2D eigenvalue weighted by Gasteiger charge is -2.11. The van der Waals surface area contributed by atoms with Crippen LogP contribution in [-0.4, -0.2) is 14.9 Å². The Labute approximate surface area is 69.6 Å². The molecule has 0 saturated carbocycles. The van der Waals surface area contributed by atoms with Gasteiger partial charge in [-0.1, -0.05) is 30.3 Å². The minimum Gasteiger partial charge on any atom is -0.376 e. The molecule has 0 aliphatic carbocycles. The second kappa shape index (κ2) is 3.37. The first-order valence-corrected chi connectivity index (χ1v) is 4.98. The van der Waals surface area contributed by atoms with Crippen LogP contribution in [0.25, 0.3) is 0 Å². The third-order valence-electron chi connectivity index (χ3n) is 1.42. The van der Waals surface area contributed by atoms with Crippen LogP contribution in [0.5, 0.6) is 0 Å². The molecule has 0 amide bonds. The van der Waals surface area contributed by atoms with Crippen LogP contribution in [0.1, 0.15) is 11.4 Å². The van der Waals surface area contributed by atoms with Gasteiger partial charge in [0.1, 0.15) is 0 Å². The number of benzene rings is 1. The summed E-state index contributed by atoms with van der Waals surface area (Å²) >= 11 is 0. The summed E-state index contributed by atoms with van der Waals surface area (Å²) in [6.07, 6.45) is 0. The molecule has 1 atom stereocenters. The van der Waals surface area contributed by atoms with E-state index in [9.17, 15) is 4.57 Å². The molecule has 4 nitrogen and oxygen atoms in total. The lowest BCUT2D eigenvalue weighted by atomic mass is 10.2. The highest BCUT2D eigenvalue weighted by Crippen LogP contribution is 2.49. The first-order chi connectivity index (χ1) is 5.52. The summed E-state index contributed by atoms with van der Waals surface area (Å²) in [4.78, 5) is 17.2. The van der Waals surface area contributed by atoms with Crippen molar-refractivity contribution in [2.45, 2.75) is 5.85 Å². The third kappa shape index (κ3) is 2.16. The maximum atomic E-state index is 10.6. The van der Waals surface area contributed by atoms with E-state index in [0.717, 1.165) is 0 Å². The molecule has 1 aromatic carbocycles. The summed E-state index contributed by atoms with van der Waals surface area (Å²) in [7, 11) is -4.42. The van der Waals surface area contributed by atoms with Crippen LogP contribution in [0.4, 0.5) is 0 Å². The zero-order valence-corrected chi connectivity index (χ0v) is 7.06. The van der Waals surface area contributed by atoms with Gasteiger partial charge in [-0.25, -0.2) is 0 Å². The molecule has 0 aliphatic heterocycles. The molecule has 0 saturated heterocycles. The fourth-order valence-electron chi connectivity index (χ4n) is 0.819. The quantitative estimate of drug-likeness (QED) is 0.601. The van der Waals surface area contributed by atoms with Gasteiger partial charge in [0.2, 0.25) is 0 Å². The molecular formula is C7H9O4P. The molecule has 66 valence electrons. The van der Waals surface area contributed by atoms with Crippen LogP contribution >= 0.6 is 7.60 Å². The Balaban J connectivity index is 2.94. The van der Waals surface area contributed by atoms with Crippen molar-refractivity contribution < 1.29 is 19.5 Å². The molecule has 1 aromatic rings. The van der Waals surface area contributed by atoms with Gasteiger partial charge in [-0.05, 0) is 5.56 Å². The van der Waals surface area contributed by atoms with Crippen molar-refractivity contribution in [2.75, 3.05) is 0 Å².